The number of nitrogens with zero attached hydrogens (tertiary/aromatic N) is 3. The van der Waals surface area contributed by atoms with E-state index in [1.807, 2.05) is 3.93 Å². The quantitative estimate of drug-likeness (QED) is 0.416. The van der Waals surface area contributed by atoms with Crippen molar-refractivity contribution >= 4 is 39.3 Å². The number of rotatable bonds is 0. The van der Waals surface area contributed by atoms with Crippen molar-refractivity contribution in [2.24, 2.45) is 0 Å². The predicted octanol–water partition coefficient (Wildman–Crippen LogP) is 2.45. The summed E-state index contributed by atoms with van der Waals surface area (Å²) < 4.78 is 2.00. The summed E-state index contributed by atoms with van der Waals surface area (Å²) in [5, 5.41) is 0.696. The van der Waals surface area contributed by atoms with Crippen LogP contribution in [0.2, 0.25) is 10.4 Å². The molecule has 0 aliphatic carbocycles. The van der Waals surface area contributed by atoms with Crippen LogP contribution in [0, 0.1) is 0 Å². The van der Waals surface area contributed by atoms with Crippen LogP contribution in [0.1, 0.15) is 11.3 Å². The van der Waals surface area contributed by atoms with Gasteiger partial charge in [-0.2, -0.15) is 0 Å². The molecular weight excluding hydrogens is 277 g/mol. The zero-order valence-electron chi connectivity index (χ0n) is 6.60. The molecule has 0 saturated heterocycles. The fourth-order valence-corrected chi connectivity index (χ4v) is 2.25. The lowest BCUT2D eigenvalue weighted by molar-refractivity contribution is 0.450. The highest BCUT2D eigenvalue weighted by Crippen LogP contribution is 2.25. The van der Waals surface area contributed by atoms with Gasteiger partial charge in [0.1, 0.15) is 5.15 Å². The first-order chi connectivity index (χ1) is 6.16. The molecule has 6 heteroatoms. The van der Waals surface area contributed by atoms with Gasteiger partial charge in [-0.3, -0.25) is 0 Å². The molecule has 3 nitrogen and oxygen atoms in total. The molecule has 1 aromatic rings. The third-order valence-corrected chi connectivity index (χ3v) is 3.03. The van der Waals surface area contributed by atoms with Crippen LogP contribution in [0.5, 0.6) is 0 Å². The highest BCUT2D eigenvalue weighted by molar-refractivity contribution is 9.07. The van der Waals surface area contributed by atoms with Crippen molar-refractivity contribution in [1.82, 2.24) is 13.9 Å². The average Bonchev–Trinajstić information content (AvgIpc) is 2.02. The van der Waals surface area contributed by atoms with E-state index in [1.54, 1.807) is 0 Å². The van der Waals surface area contributed by atoms with Crippen molar-refractivity contribution in [3.8, 4) is 0 Å². The molecule has 0 amide bonds. The third kappa shape index (κ3) is 1.96. The molecule has 0 aromatic carbocycles. The summed E-state index contributed by atoms with van der Waals surface area (Å²) in [4.78, 5) is 8.02. The van der Waals surface area contributed by atoms with Crippen molar-refractivity contribution in [3.63, 3.8) is 0 Å². The van der Waals surface area contributed by atoms with Gasteiger partial charge in [-0.1, -0.05) is 11.6 Å². The highest BCUT2D eigenvalue weighted by atomic mass is 79.9. The number of hydrogen-bond donors (Lipinski definition) is 0. The second kappa shape index (κ2) is 3.69. The van der Waals surface area contributed by atoms with Gasteiger partial charge in [-0.15, -0.1) is 0 Å². The van der Waals surface area contributed by atoms with E-state index in [9.17, 15) is 0 Å². The highest BCUT2D eigenvalue weighted by Gasteiger charge is 2.19. The van der Waals surface area contributed by atoms with E-state index in [2.05, 4.69) is 26.1 Å². The minimum absolute atomic E-state index is 0.214. The summed E-state index contributed by atoms with van der Waals surface area (Å²) in [6.45, 7) is 1.63. The maximum atomic E-state index is 5.93. The van der Waals surface area contributed by atoms with Crippen LogP contribution in [-0.4, -0.2) is 20.4 Å². The van der Waals surface area contributed by atoms with Crippen LogP contribution < -0.4 is 0 Å². The first-order valence-electron chi connectivity index (χ1n) is 3.78. The Balaban J connectivity index is 2.47. The first-order valence-corrected chi connectivity index (χ1v) is 5.25. The molecule has 1 aliphatic heterocycles. The van der Waals surface area contributed by atoms with Crippen molar-refractivity contribution < 1.29 is 0 Å². The Morgan fingerprint density at radius 3 is 2.85 bits per heavy atom. The second-order valence-corrected chi connectivity index (χ2v) is 4.50. The fourth-order valence-electron chi connectivity index (χ4n) is 1.32. The molecule has 1 aliphatic rings. The predicted molar refractivity (Wildman–Crippen MR) is 55.1 cm³/mol. The van der Waals surface area contributed by atoms with E-state index in [0.717, 1.165) is 30.8 Å². The molecule has 0 atom stereocenters. The molecule has 0 saturated carbocycles. The van der Waals surface area contributed by atoms with Crippen LogP contribution in [0.4, 0.5) is 0 Å². The van der Waals surface area contributed by atoms with E-state index in [4.69, 9.17) is 23.2 Å². The van der Waals surface area contributed by atoms with Crippen LogP contribution in [0.15, 0.2) is 0 Å². The molecule has 0 unspecified atom stereocenters. The molecule has 2 heterocycles. The number of hydrogen-bond acceptors (Lipinski definition) is 3. The molecule has 2 rings (SSSR count). The van der Waals surface area contributed by atoms with Crippen molar-refractivity contribution in [2.75, 3.05) is 6.54 Å². The second-order valence-electron chi connectivity index (χ2n) is 2.80. The summed E-state index contributed by atoms with van der Waals surface area (Å²) >= 11 is 15.0. The maximum absolute atomic E-state index is 5.93. The van der Waals surface area contributed by atoms with E-state index in [0.29, 0.717) is 5.15 Å². The van der Waals surface area contributed by atoms with Gasteiger partial charge in [0.2, 0.25) is 5.28 Å². The summed E-state index contributed by atoms with van der Waals surface area (Å²) in [5.41, 5.74) is 1.93. The Bertz CT molecular complexity index is 345. The molecule has 0 radical (unpaired) electrons. The zero-order chi connectivity index (χ0) is 9.42. The third-order valence-electron chi connectivity index (χ3n) is 1.94. The maximum Gasteiger partial charge on any atom is 0.224 e. The summed E-state index contributed by atoms with van der Waals surface area (Å²) in [7, 11) is 0. The molecule has 0 spiro atoms. The van der Waals surface area contributed by atoms with Gasteiger partial charge in [0.15, 0.2) is 0 Å². The SMILES string of the molecule is Clc1nc(Cl)c2c(n1)CN(Br)CC2. The Hall–Kier alpha value is 0.1000. The average molecular weight is 283 g/mol. The Labute approximate surface area is 94.4 Å². The Kier molecular flexibility index (Phi) is 2.74. The summed E-state index contributed by atoms with van der Waals surface area (Å²) in [5.74, 6) is 0. The van der Waals surface area contributed by atoms with Gasteiger partial charge in [0, 0.05) is 28.3 Å². The van der Waals surface area contributed by atoms with Crippen molar-refractivity contribution in [1.29, 1.82) is 0 Å². The molecule has 1 aromatic heterocycles. The topological polar surface area (TPSA) is 29.0 Å². The van der Waals surface area contributed by atoms with Crippen LogP contribution in [0.25, 0.3) is 0 Å². The minimum Gasteiger partial charge on any atom is -0.236 e. The number of fused-ring (bicyclic) bond motifs is 1. The lowest BCUT2D eigenvalue weighted by Crippen LogP contribution is -2.23. The van der Waals surface area contributed by atoms with E-state index < -0.39 is 0 Å². The van der Waals surface area contributed by atoms with Gasteiger partial charge in [0.25, 0.3) is 0 Å². The molecule has 0 bridgehead atoms. The standard InChI is InChI=1S/C7H6BrCl2N3/c8-13-2-1-4-5(3-13)11-7(10)12-6(4)9/h1-3H2. The lowest BCUT2D eigenvalue weighted by Gasteiger charge is -2.22. The van der Waals surface area contributed by atoms with Gasteiger partial charge in [0.05, 0.1) is 12.2 Å². The van der Waals surface area contributed by atoms with E-state index in [1.165, 1.54) is 0 Å². The molecule has 0 fully saturated rings. The van der Waals surface area contributed by atoms with Crippen LogP contribution in [0.3, 0.4) is 0 Å². The lowest BCUT2D eigenvalue weighted by atomic mass is 10.1. The van der Waals surface area contributed by atoms with Crippen LogP contribution in [-0.2, 0) is 13.0 Å². The smallest absolute Gasteiger partial charge is 0.224 e. The number of aromatic nitrogens is 2. The molecule has 0 N–H and O–H groups in total. The summed E-state index contributed by atoms with van der Waals surface area (Å²) in [6.07, 6.45) is 0.858. The van der Waals surface area contributed by atoms with Crippen molar-refractivity contribution in [3.05, 3.63) is 21.7 Å². The van der Waals surface area contributed by atoms with Gasteiger partial charge >= 0.3 is 0 Å². The fraction of sp³-hybridized carbons (Fsp3) is 0.429. The Morgan fingerprint density at radius 1 is 1.31 bits per heavy atom. The largest absolute Gasteiger partial charge is 0.236 e. The van der Waals surface area contributed by atoms with Crippen molar-refractivity contribution in [2.45, 2.75) is 13.0 Å². The Morgan fingerprint density at radius 2 is 2.08 bits per heavy atom. The molecular formula is C7H6BrCl2N3. The van der Waals surface area contributed by atoms with Crippen LogP contribution >= 0.6 is 39.3 Å². The minimum atomic E-state index is 0.214. The van der Waals surface area contributed by atoms with Gasteiger partial charge < -0.3 is 0 Å². The van der Waals surface area contributed by atoms with E-state index >= 15 is 0 Å². The van der Waals surface area contributed by atoms with Gasteiger partial charge in [-0.25, -0.2) is 13.9 Å². The monoisotopic (exact) mass is 281 g/mol. The summed E-state index contributed by atoms with van der Waals surface area (Å²) in [6, 6.07) is 0. The molecule has 13 heavy (non-hydrogen) atoms. The normalized spacial score (nSPS) is 17.2. The zero-order valence-corrected chi connectivity index (χ0v) is 9.69. The van der Waals surface area contributed by atoms with Gasteiger partial charge in [-0.05, 0) is 18.0 Å². The molecule has 70 valence electrons. The van der Waals surface area contributed by atoms with E-state index in [-0.39, 0.29) is 5.28 Å². The number of halogens is 3. The first kappa shape index (κ1) is 9.65.